The van der Waals surface area contributed by atoms with E-state index >= 15 is 0 Å². The Morgan fingerprint density at radius 2 is 2.04 bits per heavy atom. The number of aromatic nitrogens is 2. The molecule has 0 spiro atoms. The second kappa shape index (κ2) is 8.86. The molecule has 0 saturated carbocycles. The van der Waals surface area contributed by atoms with Crippen LogP contribution in [0.25, 0.3) is 0 Å². The molecule has 0 aliphatic rings. The molecule has 1 atom stereocenters. The average molecular weight is 344 g/mol. The number of carbonyl (C=O) groups excluding carboxylic acids is 2. The molecular formula is C18H21FN4O2. The summed E-state index contributed by atoms with van der Waals surface area (Å²) in [5.41, 5.74) is 0.361. The fourth-order valence-corrected chi connectivity index (χ4v) is 2.30. The highest BCUT2D eigenvalue weighted by molar-refractivity contribution is 5.94. The maximum Gasteiger partial charge on any atom is 0.274 e. The Bertz CT molecular complexity index is 724. The Labute approximate surface area is 146 Å². The maximum absolute atomic E-state index is 13.6. The Balaban J connectivity index is 2.01. The zero-order valence-corrected chi connectivity index (χ0v) is 14.3. The normalized spacial score (nSPS) is 11.6. The van der Waals surface area contributed by atoms with Crippen molar-refractivity contribution in [3.63, 3.8) is 0 Å². The Kier molecular flexibility index (Phi) is 6.56. The van der Waals surface area contributed by atoms with Crippen molar-refractivity contribution in [1.82, 2.24) is 14.9 Å². The summed E-state index contributed by atoms with van der Waals surface area (Å²) in [5, 5.41) is 2.52. The lowest BCUT2D eigenvalue weighted by atomic mass is 10.2. The Hall–Kier alpha value is -2.83. The molecule has 7 heteroatoms. The van der Waals surface area contributed by atoms with Gasteiger partial charge in [-0.3, -0.25) is 14.6 Å². The third kappa shape index (κ3) is 5.07. The molecule has 0 fully saturated rings. The lowest BCUT2D eigenvalue weighted by molar-refractivity contribution is -0.116. The van der Waals surface area contributed by atoms with Crippen molar-refractivity contribution in [2.75, 3.05) is 11.9 Å². The third-order valence-electron chi connectivity index (χ3n) is 3.89. The number of anilines is 1. The highest BCUT2D eigenvalue weighted by Gasteiger charge is 2.22. The van der Waals surface area contributed by atoms with E-state index in [0.717, 1.165) is 6.42 Å². The summed E-state index contributed by atoms with van der Waals surface area (Å²) in [7, 11) is 0. The lowest BCUT2D eigenvalue weighted by Gasteiger charge is -2.28. The first-order valence-electron chi connectivity index (χ1n) is 8.14. The van der Waals surface area contributed by atoms with Crippen molar-refractivity contribution in [3.8, 4) is 0 Å². The molecule has 2 aromatic rings. The first-order chi connectivity index (χ1) is 12.0. The molecule has 1 aromatic carbocycles. The van der Waals surface area contributed by atoms with Gasteiger partial charge >= 0.3 is 0 Å². The quantitative estimate of drug-likeness (QED) is 0.838. The monoisotopic (exact) mass is 344 g/mol. The summed E-state index contributed by atoms with van der Waals surface area (Å²) in [6, 6.07) is 5.90. The first kappa shape index (κ1) is 18.5. The van der Waals surface area contributed by atoms with Crippen molar-refractivity contribution in [2.45, 2.75) is 32.7 Å². The van der Waals surface area contributed by atoms with Gasteiger partial charge in [-0.05, 0) is 25.5 Å². The fourth-order valence-electron chi connectivity index (χ4n) is 2.30. The van der Waals surface area contributed by atoms with Gasteiger partial charge in [0.2, 0.25) is 5.91 Å². The van der Waals surface area contributed by atoms with Crippen LogP contribution in [0.4, 0.5) is 10.1 Å². The summed E-state index contributed by atoms with van der Waals surface area (Å²) in [5.74, 6) is -1.13. The van der Waals surface area contributed by atoms with Crippen molar-refractivity contribution in [3.05, 3.63) is 54.4 Å². The number of carbonyl (C=O) groups is 2. The molecule has 2 amide bonds. The van der Waals surface area contributed by atoms with Gasteiger partial charge in [0, 0.05) is 31.4 Å². The van der Waals surface area contributed by atoms with Gasteiger partial charge in [0.25, 0.3) is 5.91 Å². The number of rotatable bonds is 7. The zero-order chi connectivity index (χ0) is 18.2. The highest BCUT2D eigenvalue weighted by atomic mass is 19.1. The van der Waals surface area contributed by atoms with Crippen molar-refractivity contribution in [1.29, 1.82) is 0 Å². The minimum atomic E-state index is -0.495. The summed E-state index contributed by atoms with van der Waals surface area (Å²) >= 11 is 0. The van der Waals surface area contributed by atoms with Gasteiger partial charge in [-0.2, -0.15) is 0 Å². The molecule has 1 heterocycles. The van der Waals surface area contributed by atoms with Gasteiger partial charge in [-0.1, -0.05) is 19.1 Å². The molecule has 0 aliphatic carbocycles. The first-order valence-corrected chi connectivity index (χ1v) is 8.14. The third-order valence-corrected chi connectivity index (χ3v) is 3.89. The maximum atomic E-state index is 13.6. The van der Waals surface area contributed by atoms with Crippen LogP contribution in [0.5, 0.6) is 0 Å². The molecule has 0 saturated heterocycles. The summed E-state index contributed by atoms with van der Waals surface area (Å²) < 4.78 is 13.6. The molecule has 1 N–H and O–H groups in total. The second-order valence-corrected chi connectivity index (χ2v) is 5.62. The van der Waals surface area contributed by atoms with Crippen LogP contribution in [0.2, 0.25) is 0 Å². The summed E-state index contributed by atoms with van der Waals surface area (Å²) in [6.45, 7) is 4.08. The number of halogens is 1. The van der Waals surface area contributed by atoms with Crippen molar-refractivity contribution >= 4 is 17.5 Å². The number of nitrogens with one attached hydrogen (secondary N) is 1. The largest absolute Gasteiger partial charge is 0.334 e. The SMILES string of the molecule is CC[C@@H](C)N(CCC(=O)Nc1ccccc1F)C(=O)c1cnccn1. The van der Waals surface area contributed by atoms with Gasteiger partial charge in [-0.15, -0.1) is 0 Å². The fraction of sp³-hybridized carbons (Fsp3) is 0.333. The highest BCUT2D eigenvalue weighted by Crippen LogP contribution is 2.14. The molecule has 2 rings (SSSR count). The van der Waals surface area contributed by atoms with E-state index in [1.165, 1.54) is 30.7 Å². The van der Waals surface area contributed by atoms with Gasteiger partial charge in [0.15, 0.2) is 0 Å². The van der Waals surface area contributed by atoms with Crippen LogP contribution in [-0.4, -0.2) is 39.3 Å². The van der Waals surface area contributed by atoms with Crippen LogP contribution in [0.3, 0.4) is 0 Å². The number of benzene rings is 1. The van der Waals surface area contributed by atoms with Gasteiger partial charge < -0.3 is 10.2 Å². The minimum Gasteiger partial charge on any atom is -0.334 e. The van der Waals surface area contributed by atoms with Gasteiger partial charge in [0.05, 0.1) is 11.9 Å². The smallest absolute Gasteiger partial charge is 0.274 e. The average Bonchev–Trinajstić information content (AvgIpc) is 2.64. The number of amides is 2. The number of para-hydroxylation sites is 1. The molecule has 132 valence electrons. The predicted molar refractivity (Wildman–Crippen MR) is 92.5 cm³/mol. The van der Waals surface area contributed by atoms with Crippen LogP contribution >= 0.6 is 0 Å². The van der Waals surface area contributed by atoms with E-state index in [9.17, 15) is 14.0 Å². The zero-order valence-electron chi connectivity index (χ0n) is 14.3. The number of hydrogen-bond acceptors (Lipinski definition) is 4. The number of hydrogen-bond donors (Lipinski definition) is 1. The second-order valence-electron chi connectivity index (χ2n) is 5.62. The van der Waals surface area contributed by atoms with Crippen molar-refractivity contribution < 1.29 is 14.0 Å². The molecule has 25 heavy (non-hydrogen) atoms. The van der Waals surface area contributed by atoms with E-state index in [-0.39, 0.29) is 42.2 Å². The molecule has 0 unspecified atom stereocenters. The van der Waals surface area contributed by atoms with Crippen LogP contribution in [-0.2, 0) is 4.79 Å². The van der Waals surface area contributed by atoms with E-state index in [4.69, 9.17) is 0 Å². The molecule has 0 radical (unpaired) electrons. The summed E-state index contributed by atoms with van der Waals surface area (Å²) in [6.07, 6.45) is 5.14. The van der Waals surface area contributed by atoms with E-state index in [0.29, 0.717) is 0 Å². The van der Waals surface area contributed by atoms with Crippen LogP contribution < -0.4 is 5.32 Å². The minimum absolute atomic E-state index is 0.0595. The number of nitrogens with zero attached hydrogens (tertiary/aromatic N) is 3. The topological polar surface area (TPSA) is 75.2 Å². The summed E-state index contributed by atoms with van der Waals surface area (Å²) in [4.78, 5) is 34.2. The van der Waals surface area contributed by atoms with E-state index in [1.807, 2.05) is 13.8 Å². The Morgan fingerprint density at radius 1 is 1.28 bits per heavy atom. The van der Waals surface area contributed by atoms with Gasteiger partial charge in [-0.25, -0.2) is 9.37 Å². The molecule has 0 aliphatic heterocycles. The molecule has 1 aromatic heterocycles. The Morgan fingerprint density at radius 3 is 2.68 bits per heavy atom. The molecular weight excluding hydrogens is 323 g/mol. The van der Waals surface area contributed by atoms with Crippen LogP contribution in [0.1, 0.15) is 37.2 Å². The lowest BCUT2D eigenvalue weighted by Crippen LogP contribution is -2.40. The molecule has 6 nitrogen and oxygen atoms in total. The van der Waals surface area contributed by atoms with Gasteiger partial charge in [0.1, 0.15) is 11.5 Å². The molecule has 0 bridgehead atoms. The van der Waals surface area contributed by atoms with Crippen molar-refractivity contribution in [2.24, 2.45) is 0 Å². The van der Waals surface area contributed by atoms with Crippen LogP contribution in [0, 0.1) is 5.82 Å². The van der Waals surface area contributed by atoms with E-state index in [1.54, 1.807) is 17.0 Å². The predicted octanol–water partition coefficient (Wildman–Crippen LogP) is 2.89. The standard InChI is InChI=1S/C18H21FN4O2/c1-3-13(2)23(18(25)16-12-20-9-10-21-16)11-8-17(24)22-15-7-5-4-6-14(15)19/h4-7,9-10,12-13H,3,8,11H2,1-2H3,(H,22,24)/t13-/m1/s1. The van der Waals surface area contributed by atoms with E-state index < -0.39 is 5.82 Å². The van der Waals surface area contributed by atoms with E-state index in [2.05, 4.69) is 15.3 Å². The van der Waals surface area contributed by atoms with Crippen LogP contribution in [0.15, 0.2) is 42.9 Å².